The van der Waals surface area contributed by atoms with Crippen molar-refractivity contribution in [2.45, 2.75) is 51.1 Å². The van der Waals surface area contributed by atoms with Crippen molar-refractivity contribution in [2.24, 2.45) is 0 Å². The summed E-state index contributed by atoms with van der Waals surface area (Å²) in [6, 6.07) is 9.01. The molecule has 1 fully saturated rings. The number of nitrogens with one attached hydrogen (secondary N) is 1. The predicted molar refractivity (Wildman–Crippen MR) is 86.6 cm³/mol. The van der Waals surface area contributed by atoms with E-state index < -0.39 is 19.4 Å². The standard InChI is InChI=1S/C16H24NO5P/c1-2-3-10-15(18)22-16(11-7-12-21-16)17-23(19,20)13-14-8-5-4-6-9-14/h4-6,8-9H,2-3,7,10-13H2,1H3,(H2,17,19,20). The van der Waals surface area contributed by atoms with E-state index >= 15 is 0 Å². The van der Waals surface area contributed by atoms with Crippen molar-refractivity contribution in [1.29, 1.82) is 0 Å². The van der Waals surface area contributed by atoms with Gasteiger partial charge in [-0.1, -0.05) is 43.7 Å². The molecule has 0 aliphatic carbocycles. The molecule has 1 aromatic rings. The molecule has 1 saturated heterocycles. The van der Waals surface area contributed by atoms with Gasteiger partial charge < -0.3 is 14.4 Å². The van der Waals surface area contributed by atoms with Crippen LogP contribution in [0.3, 0.4) is 0 Å². The Bertz CT molecular complexity index is 557. The molecule has 6 nitrogen and oxygen atoms in total. The largest absolute Gasteiger partial charge is 0.418 e. The Morgan fingerprint density at radius 3 is 2.78 bits per heavy atom. The zero-order valence-corrected chi connectivity index (χ0v) is 14.3. The van der Waals surface area contributed by atoms with E-state index in [1.165, 1.54) is 0 Å². The van der Waals surface area contributed by atoms with Crippen LogP contribution in [0.25, 0.3) is 0 Å². The molecule has 0 amide bonds. The molecule has 7 heteroatoms. The van der Waals surface area contributed by atoms with E-state index in [9.17, 15) is 14.3 Å². The number of ether oxygens (including phenoxy) is 2. The maximum Gasteiger partial charge on any atom is 0.309 e. The van der Waals surface area contributed by atoms with E-state index in [1.54, 1.807) is 12.1 Å². The topological polar surface area (TPSA) is 84.9 Å². The fourth-order valence-electron chi connectivity index (χ4n) is 2.50. The molecule has 1 aliphatic rings. The lowest BCUT2D eigenvalue weighted by molar-refractivity contribution is -0.219. The van der Waals surface area contributed by atoms with Gasteiger partial charge >= 0.3 is 5.97 Å². The molecule has 2 rings (SSSR count). The summed E-state index contributed by atoms with van der Waals surface area (Å²) < 4.78 is 23.4. The second-order valence-corrected chi connectivity index (χ2v) is 7.68. The maximum absolute atomic E-state index is 12.5. The zero-order chi connectivity index (χ0) is 16.8. The first-order valence-electron chi connectivity index (χ1n) is 7.96. The molecule has 2 atom stereocenters. The lowest BCUT2D eigenvalue weighted by Gasteiger charge is -2.31. The highest BCUT2D eigenvalue weighted by atomic mass is 31.2. The van der Waals surface area contributed by atoms with Gasteiger partial charge in [-0.3, -0.25) is 9.36 Å². The van der Waals surface area contributed by atoms with Crippen LogP contribution in [0.15, 0.2) is 30.3 Å². The van der Waals surface area contributed by atoms with Gasteiger partial charge in [-0.2, -0.15) is 5.09 Å². The molecule has 1 aromatic carbocycles. The Morgan fingerprint density at radius 2 is 2.17 bits per heavy atom. The van der Waals surface area contributed by atoms with Gasteiger partial charge in [0.25, 0.3) is 13.4 Å². The first-order valence-corrected chi connectivity index (χ1v) is 9.80. The number of hydrogen-bond donors (Lipinski definition) is 2. The van der Waals surface area contributed by atoms with Gasteiger partial charge in [0.05, 0.1) is 12.8 Å². The summed E-state index contributed by atoms with van der Waals surface area (Å²) in [6.07, 6.45) is 2.85. The first-order chi connectivity index (χ1) is 10.9. The predicted octanol–water partition coefficient (Wildman–Crippen LogP) is 3.16. The molecule has 0 bridgehead atoms. The number of esters is 1. The monoisotopic (exact) mass is 341 g/mol. The molecular formula is C16H24NO5P. The Morgan fingerprint density at radius 1 is 1.43 bits per heavy atom. The van der Waals surface area contributed by atoms with Crippen molar-refractivity contribution in [3.63, 3.8) is 0 Å². The van der Waals surface area contributed by atoms with Crippen molar-refractivity contribution in [2.75, 3.05) is 6.61 Å². The summed E-state index contributed by atoms with van der Waals surface area (Å²) in [5, 5.41) is 2.57. The van der Waals surface area contributed by atoms with Gasteiger partial charge in [0.15, 0.2) is 0 Å². The molecule has 0 saturated carbocycles. The minimum Gasteiger partial charge on any atom is -0.418 e. The fraction of sp³-hybridized carbons (Fsp3) is 0.562. The van der Waals surface area contributed by atoms with Crippen molar-refractivity contribution in [3.05, 3.63) is 35.9 Å². The van der Waals surface area contributed by atoms with E-state index in [4.69, 9.17) is 9.47 Å². The minimum atomic E-state index is -3.76. The van der Waals surface area contributed by atoms with E-state index in [1.807, 2.05) is 25.1 Å². The molecular weight excluding hydrogens is 317 g/mol. The summed E-state index contributed by atoms with van der Waals surface area (Å²) in [5.41, 5.74) is 0.733. The maximum atomic E-state index is 12.5. The van der Waals surface area contributed by atoms with E-state index in [2.05, 4.69) is 5.09 Å². The molecule has 0 spiro atoms. The van der Waals surface area contributed by atoms with Crippen LogP contribution in [0.4, 0.5) is 0 Å². The minimum absolute atomic E-state index is 0.0501. The lowest BCUT2D eigenvalue weighted by Crippen LogP contribution is -2.47. The van der Waals surface area contributed by atoms with Crippen LogP contribution in [0.2, 0.25) is 0 Å². The first kappa shape index (κ1) is 18.1. The van der Waals surface area contributed by atoms with Crippen LogP contribution >= 0.6 is 7.52 Å². The highest BCUT2D eigenvalue weighted by Crippen LogP contribution is 2.45. The van der Waals surface area contributed by atoms with Crippen molar-refractivity contribution >= 4 is 13.5 Å². The van der Waals surface area contributed by atoms with Crippen molar-refractivity contribution in [1.82, 2.24) is 5.09 Å². The normalized spacial score (nSPS) is 23.4. The average molecular weight is 341 g/mol. The van der Waals surface area contributed by atoms with Crippen LogP contribution in [-0.4, -0.2) is 23.4 Å². The van der Waals surface area contributed by atoms with Gasteiger partial charge in [-0.15, -0.1) is 0 Å². The van der Waals surface area contributed by atoms with Gasteiger partial charge in [-0.05, 0) is 18.4 Å². The Kier molecular flexibility index (Phi) is 6.36. The molecule has 1 aliphatic heterocycles. The fourth-order valence-corrected chi connectivity index (χ4v) is 4.04. The number of carbonyl (C=O) groups is 1. The summed E-state index contributed by atoms with van der Waals surface area (Å²) >= 11 is 0. The van der Waals surface area contributed by atoms with Crippen LogP contribution in [0.5, 0.6) is 0 Å². The Balaban J connectivity index is 2.03. The molecule has 128 valence electrons. The third-order valence-corrected chi connectivity index (χ3v) is 5.07. The number of unbranched alkanes of at least 4 members (excludes halogenated alkanes) is 1. The van der Waals surface area contributed by atoms with Gasteiger partial charge in [-0.25, -0.2) is 0 Å². The van der Waals surface area contributed by atoms with Crippen LogP contribution < -0.4 is 5.09 Å². The molecule has 23 heavy (non-hydrogen) atoms. The molecule has 2 unspecified atom stereocenters. The summed E-state index contributed by atoms with van der Waals surface area (Å²) in [4.78, 5) is 22.1. The van der Waals surface area contributed by atoms with Crippen molar-refractivity contribution < 1.29 is 23.7 Å². The quantitative estimate of drug-likeness (QED) is 0.429. The van der Waals surface area contributed by atoms with Gasteiger partial charge in [0, 0.05) is 12.8 Å². The second kappa shape index (κ2) is 8.06. The number of carbonyl (C=O) groups excluding carboxylic acids is 1. The average Bonchev–Trinajstić information content (AvgIpc) is 2.92. The van der Waals surface area contributed by atoms with E-state index in [0.29, 0.717) is 19.4 Å². The smallest absolute Gasteiger partial charge is 0.309 e. The SMILES string of the molecule is CCCCC(=O)OC1(NP(=O)(O)Cc2ccccc2)CCCO1. The highest BCUT2D eigenvalue weighted by molar-refractivity contribution is 7.55. The van der Waals surface area contributed by atoms with Gasteiger partial charge in [0.2, 0.25) is 0 Å². The Labute approximate surface area is 136 Å². The molecule has 1 heterocycles. The molecule has 0 radical (unpaired) electrons. The molecule has 2 N–H and O–H groups in total. The third-order valence-electron chi connectivity index (χ3n) is 3.58. The van der Waals surface area contributed by atoms with Crippen LogP contribution in [-0.2, 0) is 25.0 Å². The van der Waals surface area contributed by atoms with E-state index in [0.717, 1.165) is 18.4 Å². The number of hydrogen-bond acceptors (Lipinski definition) is 4. The second-order valence-electron chi connectivity index (χ2n) is 5.74. The zero-order valence-electron chi connectivity index (χ0n) is 13.4. The van der Waals surface area contributed by atoms with Crippen LogP contribution in [0, 0.1) is 0 Å². The highest BCUT2D eigenvalue weighted by Gasteiger charge is 2.44. The Hall–Kier alpha value is -1.20. The third kappa shape index (κ3) is 5.74. The van der Waals surface area contributed by atoms with E-state index in [-0.39, 0.29) is 12.6 Å². The summed E-state index contributed by atoms with van der Waals surface area (Å²) in [7, 11) is -3.76. The lowest BCUT2D eigenvalue weighted by atomic mass is 10.2. The molecule has 0 aromatic heterocycles. The van der Waals surface area contributed by atoms with Crippen LogP contribution in [0.1, 0.15) is 44.6 Å². The number of benzene rings is 1. The summed E-state index contributed by atoms with van der Waals surface area (Å²) in [6.45, 7) is 2.37. The van der Waals surface area contributed by atoms with Gasteiger partial charge in [0.1, 0.15) is 0 Å². The number of rotatable bonds is 8. The summed E-state index contributed by atoms with van der Waals surface area (Å²) in [5.74, 6) is -1.90. The van der Waals surface area contributed by atoms with Crippen molar-refractivity contribution in [3.8, 4) is 0 Å².